The fourth-order valence-corrected chi connectivity index (χ4v) is 1.31. The molecule has 0 bridgehead atoms. The second-order valence-electron chi connectivity index (χ2n) is 4.55. The normalized spacial score (nSPS) is 11.4. The summed E-state index contributed by atoms with van der Waals surface area (Å²) in [6, 6.07) is 7.90. The maximum Gasteiger partial charge on any atom is 0.242 e. The van der Waals surface area contributed by atoms with Gasteiger partial charge in [0.2, 0.25) is 5.91 Å². The van der Waals surface area contributed by atoms with Crippen LogP contribution in [0.1, 0.15) is 31.9 Å². The zero-order chi connectivity index (χ0) is 10.8. The van der Waals surface area contributed by atoms with E-state index in [-0.39, 0.29) is 11.8 Å². The van der Waals surface area contributed by atoms with Crippen LogP contribution >= 0.6 is 0 Å². The van der Waals surface area contributed by atoms with Gasteiger partial charge in [0, 0.05) is 0 Å². The Labute approximate surface area is 85.1 Å². The Morgan fingerprint density at radius 2 is 1.71 bits per heavy atom. The fraction of sp³-hybridized carbons (Fsp3) is 0.417. The molecule has 0 aliphatic carbocycles. The van der Waals surface area contributed by atoms with Crippen molar-refractivity contribution in [1.29, 1.82) is 0 Å². The molecule has 0 aliphatic rings. The van der Waals surface area contributed by atoms with Crippen LogP contribution in [0.4, 0.5) is 0 Å². The van der Waals surface area contributed by atoms with E-state index in [0.717, 1.165) is 5.56 Å². The van der Waals surface area contributed by atoms with Gasteiger partial charge in [0.1, 0.15) is 0 Å². The van der Waals surface area contributed by atoms with E-state index in [4.69, 9.17) is 5.73 Å². The lowest BCUT2D eigenvalue weighted by atomic mass is 9.86. The minimum absolute atomic E-state index is 0.142. The van der Waals surface area contributed by atoms with E-state index in [0.29, 0.717) is 0 Å². The van der Waals surface area contributed by atoms with Crippen molar-refractivity contribution in [3.63, 3.8) is 0 Å². The lowest BCUT2D eigenvalue weighted by molar-refractivity contribution is -0.118. The average Bonchev–Trinajstić information content (AvgIpc) is 2.02. The third-order valence-electron chi connectivity index (χ3n) is 2.18. The van der Waals surface area contributed by atoms with Crippen molar-refractivity contribution in [2.45, 2.75) is 32.6 Å². The molecule has 1 aromatic carbocycles. The van der Waals surface area contributed by atoms with E-state index in [2.05, 4.69) is 20.8 Å². The van der Waals surface area contributed by atoms with Gasteiger partial charge in [0.15, 0.2) is 0 Å². The molecule has 0 saturated heterocycles. The molecule has 0 unspecified atom stereocenters. The summed E-state index contributed by atoms with van der Waals surface area (Å²) in [6.45, 7) is 6.45. The number of carbonyl (C=O) groups excluding carboxylic acids is 1. The average molecular weight is 190 g/mol. The van der Waals surface area contributed by atoms with Gasteiger partial charge >= 0.3 is 0 Å². The highest BCUT2D eigenvalue weighted by molar-refractivity contribution is 5.75. The predicted octanol–water partition coefficient (Wildman–Crippen LogP) is 2.34. The smallest absolute Gasteiger partial charge is 0.242 e. The number of carbonyl (C=O) groups is 1. The van der Waals surface area contributed by atoms with Crippen LogP contribution in [0.25, 0.3) is 0 Å². The van der Waals surface area contributed by atoms with E-state index in [1.54, 1.807) is 0 Å². The Hall–Kier alpha value is -1.31. The van der Waals surface area contributed by atoms with Crippen LogP contribution in [0.2, 0.25) is 0 Å². The Kier molecular flexibility index (Phi) is 2.94. The van der Waals surface area contributed by atoms with Crippen LogP contribution in [0.15, 0.2) is 24.3 Å². The van der Waals surface area contributed by atoms with Crippen LogP contribution in [0, 0.1) is 0 Å². The lowest BCUT2D eigenvalue weighted by Crippen LogP contribution is -2.11. The first-order valence-electron chi connectivity index (χ1n) is 4.73. The number of hydrogen-bond donors (Lipinski definition) is 0. The number of hydrogen-bond acceptors (Lipinski definition) is 1. The van der Waals surface area contributed by atoms with Gasteiger partial charge in [0.25, 0.3) is 0 Å². The number of amides is 1. The Balaban J connectivity index is 2.84. The van der Waals surface area contributed by atoms with Crippen molar-refractivity contribution in [3.05, 3.63) is 35.4 Å². The summed E-state index contributed by atoms with van der Waals surface area (Å²) in [5.41, 5.74) is 9.16. The van der Waals surface area contributed by atoms with Gasteiger partial charge in [-0.1, -0.05) is 45.0 Å². The molecule has 0 saturated carbocycles. The van der Waals surface area contributed by atoms with Crippen molar-refractivity contribution >= 4 is 5.91 Å². The number of rotatable bonds is 2. The molecule has 1 N–H and O–H groups in total. The summed E-state index contributed by atoms with van der Waals surface area (Å²) in [5, 5.41) is 0. The zero-order valence-corrected chi connectivity index (χ0v) is 8.92. The third kappa shape index (κ3) is 2.87. The largest absolute Gasteiger partial charge is 0.273 e. The van der Waals surface area contributed by atoms with E-state index >= 15 is 0 Å². The molecule has 0 heterocycles. The Morgan fingerprint density at radius 3 is 2.07 bits per heavy atom. The topological polar surface area (TPSA) is 40.9 Å². The second kappa shape index (κ2) is 3.82. The molecule has 14 heavy (non-hydrogen) atoms. The summed E-state index contributed by atoms with van der Waals surface area (Å²) in [4.78, 5) is 10.6. The molecule has 1 aromatic rings. The first kappa shape index (κ1) is 10.8. The van der Waals surface area contributed by atoms with Crippen molar-refractivity contribution in [1.82, 2.24) is 5.73 Å². The van der Waals surface area contributed by atoms with Gasteiger partial charge in [-0.3, -0.25) is 10.5 Å². The van der Waals surface area contributed by atoms with E-state index in [1.807, 2.05) is 24.3 Å². The van der Waals surface area contributed by atoms with Crippen molar-refractivity contribution in [2.24, 2.45) is 0 Å². The number of nitrogens with one attached hydrogen (secondary N) is 1. The lowest BCUT2D eigenvalue weighted by Gasteiger charge is -2.18. The standard InChI is InChI=1S/C12H16NO/c1-12(2,3)10-6-4-9(5-7-10)8-11(13)14/h4-7,13H,8H2,1-3H3. The second-order valence-corrected chi connectivity index (χ2v) is 4.55. The summed E-state index contributed by atoms with van der Waals surface area (Å²) in [5.74, 6) is -0.534. The predicted molar refractivity (Wildman–Crippen MR) is 56.9 cm³/mol. The minimum atomic E-state index is -0.534. The first-order chi connectivity index (χ1) is 6.39. The number of benzene rings is 1. The van der Waals surface area contributed by atoms with Crippen molar-refractivity contribution in [2.75, 3.05) is 0 Å². The van der Waals surface area contributed by atoms with Gasteiger partial charge in [-0.2, -0.15) is 0 Å². The van der Waals surface area contributed by atoms with E-state index in [9.17, 15) is 4.79 Å². The van der Waals surface area contributed by atoms with E-state index in [1.165, 1.54) is 5.56 Å². The van der Waals surface area contributed by atoms with Gasteiger partial charge in [-0.25, -0.2) is 0 Å². The van der Waals surface area contributed by atoms with Gasteiger partial charge in [-0.15, -0.1) is 0 Å². The summed E-state index contributed by atoms with van der Waals surface area (Å²) in [6.07, 6.45) is 0.213. The van der Waals surface area contributed by atoms with Gasteiger partial charge in [0.05, 0.1) is 6.42 Å². The fourth-order valence-electron chi connectivity index (χ4n) is 1.31. The molecule has 0 aromatic heterocycles. The molecular formula is C12H16NO. The molecular weight excluding hydrogens is 174 g/mol. The van der Waals surface area contributed by atoms with Gasteiger partial charge in [-0.05, 0) is 16.5 Å². The molecule has 0 atom stereocenters. The molecule has 1 rings (SSSR count). The molecule has 0 fully saturated rings. The summed E-state index contributed by atoms with van der Waals surface area (Å²) >= 11 is 0. The van der Waals surface area contributed by atoms with Crippen molar-refractivity contribution in [3.8, 4) is 0 Å². The molecule has 1 amide bonds. The van der Waals surface area contributed by atoms with Crippen LogP contribution in [-0.4, -0.2) is 5.91 Å². The molecule has 1 radical (unpaired) electrons. The Morgan fingerprint density at radius 1 is 1.21 bits per heavy atom. The highest BCUT2D eigenvalue weighted by Crippen LogP contribution is 2.22. The maximum absolute atomic E-state index is 10.6. The molecule has 2 heteroatoms. The molecule has 75 valence electrons. The Bertz CT molecular complexity index is 319. The van der Waals surface area contributed by atoms with Gasteiger partial charge < -0.3 is 0 Å². The van der Waals surface area contributed by atoms with E-state index < -0.39 is 5.91 Å². The monoisotopic (exact) mass is 190 g/mol. The minimum Gasteiger partial charge on any atom is -0.273 e. The molecule has 0 aliphatic heterocycles. The highest BCUT2D eigenvalue weighted by atomic mass is 16.1. The summed E-state index contributed by atoms with van der Waals surface area (Å²) in [7, 11) is 0. The van der Waals surface area contributed by atoms with Crippen LogP contribution < -0.4 is 5.73 Å². The SMILES string of the molecule is CC(C)(C)c1ccc(CC([NH])=O)cc1. The molecule has 2 nitrogen and oxygen atoms in total. The van der Waals surface area contributed by atoms with Crippen LogP contribution in [-0.2, 0) is 16.6 Å². The summed E-state index contributed by atoms with van der Waals surface area (Å²) < 4.78 is 0. The quantitative estimate of drug-likeness (QED) is 0.705. The first-order valence-corrected chi connectivity index (χ1v) is 4.73. The highest BCUT2D eigenvalue weighted by Gasteiger charge is 2.12. The maximum atomic E-state index is 10.6. The zero-order valence-electron chi connectivity index (χ0n) is 8.92. The third-order valence-corrected chi connectivity index (χ3v) is 2.18. The van der Waals surface area contributed by atoms with Crippen LogP contribution in [0.3, 0.4) is 0 Å². The van der Waals surface area contributed by atoms with Crippen molar-refractivity contribution < 1.29 is 4.79 Å². The molecule has 0 spiro atoms. The van der Waals surface area contributed by atoms with Crippen LogP contribution in [0.5, 0.6) is 0 Å².